The van der Waals surface area contributed by atoms with Crippen LogP contribution in [0.15, 0.2) is 48.5 Å². The molecule has 0 aliphatic heterocycles. The maximum absolute atomic E-state index is 11.6. The number of rotatable bonds is 7. The Balaban J connectivity index is 1.71. The van der Waals surface area contributed by atoms with E-state index in [-0.39, 0.29) is 5.97 Å². The van der Waals surface area contributed by atoms with E-state index in [0.717, 1.165) is 19.4 Å². The Labute approximate surface area is 156 Å². The van der Waals surface area contributed by atoms with Gasteiger partial charge in [-0.3, -0.25) is 9.69 Å². The largest absolute Gasteiger partial charge is 0.465 e. The van der Waals surface area contributed by atoms with Gasteiger partial charge in [0.25, 0.3) is 0 Å². The van der Waals surface area contributed by atoms with Crippen LogP contribution in [0.1, 0.15) is 47.9 Å². The summed E-state index contributed by atoms with van der Waals surface area (Å²) in [4.78, 5) is 13.7. The minimum Gasteiger partial charge on any atom is -0.465 e. The number of hydrogen-bond donors (Lipinski definition) is 0. The van der Waals surface area contributed by atoms with Crippen LogP contribution in [-0.2, 0) is 9.53 Å². The van der Waals surface area contributed by atoms with E-state index in [4.69, 9.17) is 4.74 Å². The van der Waals surface area contributed by atoms with E-state index in [1.165, 1.54) is 22.3 Å². The average Bonchev–Trinajstić information content (AvgIpc) is 2.79. The van der Waals surface area contributed by atoms with Gasteiger partial charge in [0, 0.05) is 5.92 Å². The second-order valence-corrected chi connectivity index (χ2v) is 6.83. The average molecular weight is 349 g/mol. The molecular weight excluding hydrogens is 322 g/mol. The molecular formula is C23H27NO2. The molecule has 0 amide bonds. The third-order valence-corrected chi connectivity index (χ3v) is 4.92. The first kappa shape index (κ1) is 18.4. The third-order valence-electron chi connectivity index (χ3n) is 4.92. The zero-order chi connectivity index (χ0) is 18.4. The zero-order valence-corrected chi connectivity index (χ0v) is 15.7. The molecule has 0 saturated heterocycles. The second-order valence-electron chi connectivity index (χ2n) is 6.83. The van der Waals surface area contributed by atoms with Crippen LogP contribution < -0.4 is 0 Å². The molecule has 136 valence electrons. The van der Waals surface area contributed by atoms with E-state index in [0.29, 0.717) is 19.1 Å². The van der Waals surface area contributed by atoms with Crippen molar-refractivity contribution in [2.75, 3.05) is 26.7 Å². The molecule has 3 heteroatoms. The van der Waals surface area contributed by atoms with Crippen molar-refractivity contribution in [2.24, 2.45) is 0 Å². The van der Waals surface area contributed by atoms with Gasteiger partial charge in [-0.2, -0.15) is 0 Å². The maximum atomic E-state index is 11.6. The highest BCUT2D eigenvalue weighted by Crippen LogP contribution is 2.37. The van der Waals surface area contributed by atoms with Crippen molar-refractivity contribution in [2.45, 2.75) is 25.7 Å². The van der Waals surface area contributed by atoms with Gasteiger partial charge >= 0.3 is 5.97 Å². The first-order valence-corrected chi connectivity index (χ1v) is 9.39. The first-order chi connectivity index (χ1) is 12.7. The molecule has 3 rings (SSSR count). The predicted octanol–water partition coefficient (Wildman–Crippen LogP) is 4.58. The monoisotopic (exact) mass is 349 g/mol. The molecule has 0 unspecified atom stereocenters. The summed E-state index contributed by atoms with van der Waals surface area (Å²) in [5, 5.41) is 0. The van der Waals surface area contributed by atoms with Crippen molar-refractivity contribution in [3.05, 3.63) is 70.8 Å². The van der Waals surface area contributed by atoms with Crippen LogP contribution in [0, 0.1) is 0 Å². The molecule has 0 radical (unpaired) electrons. The van der Waals surface area contributed by atoms with Gasteiger partial charge in [-0.25, -0.2) is 0 Å². The summed E-state index contributed by atoms with van der Waals surface area (Å²) < 4.78 is 5.03. The van der Waals surface area contributed by atoms with E-state index in [1.807, 2.05) is 18.9 Å². The summed E-state index contributed by atoms with van der Waals surface area (Å²) in [6, 6.07) is 17.3. The smallest absolute Gasteiger partial charge is 0.320 e. The molecule has 3 nitrogen and oxygen atoms in total. The lowest BCUT2D eigenvalue weighted by Gasteiger charge is -2.22. The van der Waals surface area contributed by atoms with Crippen LogP contribution >= 0.6 is 0 Å². The van der Waals surface area contributed by atoms with Crippen molar-refractivity contribution in [1.82, 2.24) is 4.90 Å². The summed E-state index contributed by atoms with van der Waals surface area (Å²) in [6.45, 7) is 3.52. The van der Waals surface area contributed by atoms with Crippen LogP contribution in [0.4, 0.5) is 0 Å². The molecule has 0 saturated carbocycles. The number of carbonyl (C=O) groups is 1. The Morgan fingerprint density at radius 3 is 2.15 bits per heavy atom. The van der Waals surface area contributed by atoms with Gasteiger partial charge in [0.05, 0.1) is 13.2 Å². The zero-order valence-electron chi connectivity index (χ0n) is 15.7. The molecule has 2 aromatic rings. The Bertz CT molecular complexity index is 732. The summed E-state index contributed by atoms with van der Waals surface area (Å²) in [6.07, 6.45) is 6.54. The van der Waals surface area contributed by atoms with Crippen LogP contribution in [-0.4, -0.2) is 37.6 Å². The number of fused-ring (bicyclic) bond motifs is 2. The van der Waals surface area contributed by atoms with Gasteiger partial charge in [-0.1, -0.05) is 60.7 Å². The fourth-order valence-corrected chi connectivity index (χ4v) is 3.69. The van der Waals surface area contributed by atoms with E-state index >= 15 is 0 Å². The van der Waals surface area contributed by atoms with Crippen molar-refractivity contribution in [3.8, 4) is 0 Å². The minimum atomic E-state index is -0.149. The van der Waals surface area contributed by atoms with Gasteiger partial charge in [0.15, 0.2) is 0 Å². The summed E-state index contributed by atoms with van der Waals surface area (Å²) >= 11 is 0. The SMILES string of the molecule is CCOC(=O)CN(C)CCCC1c2ccccc2C=Cc2ccccc21. The number of likely N-dealkylation sites (N-methyl/N-ethyl adjacent to an activating group) is 1. The summed E-state index contributed by atoms with van der Waals surface area (Å²) in [7, 11) is 1.98. The van der Waals surface area contributed by atoms with E-state index in [2.05, 4.69) is 60.7 Å². The summed E-state index contributed by atoms with van der Waals surface area (Å²) in [5.41, 5.74) is 5.38. The first-order valence-electron chi connectivity index (χ1n) is 9.39. The van der Waals surface area contributed by atoms with Gasteiger partial charge in [-0.15, -0.1) is 0 Å². The number of nitrogens with zero attached hydrogens (tertiary/aromatic N) is 1. The molecule has 0 bridgehead atoms. The highest BCUT2D eigenvalue weighted by molar-refractivity contribution is 5.76. The lowest BCUT2D eigenvalue weighted by atomic mass is 9.84. The van der Waals surface area contributed by atoms with E-state index in [9.17, 15) is 4.79 Å². The second kappa shape index (κ2) is 8.81. The standard InChI is InChI=1S/C23H27NO2/c1-3-26-23(25)17-24(2)16-8-13-22-20-11-6-4-9-18(20)14-15-19-10-5-7-12-21(19)22/h4-7,9-12,14-15,22H,3,8,13,16-17H2,1-2H3. The highest BCUT2D eigenvalue weighted by atomic mass is 16.5. The molecule has 0 aromatic heterocycles. The van der Waals surface area contributed by atoms with E-state index < -0.39 is 0 Å². The molecule has 0 fully saturated rings. The molecule has 0 heterocycles. The fourth-order valence-electron chi connectivity index (χ4n) is 3.69. The van der Waals surface area contributed by atoms with Crippen LogP contribution in [0.25, 0.3) is 12.2 Å². The number of benzene rings is 2. The number of esters is 1. The van der Waals surface area contributed by atoms with Crippen molar-refractivity contribution in [1.29, 1.82) is 0 Å². The lowest BCUT2D eigenvalue weighted by Crippen LogP contribution is -2.28. The third kappa shape index (κ3) is 4.41. The number of ether oxygens (including phenoxy) is 1. The topological polar surface area (TPSA) is 29.5 Å². The quantitative estimate of drug-likeness (QED) is 0.686. The summed E-state index contributed by atoms with van der Waals surface area (Å²) in [5.74, 6) is 0.234. The van der Waals surface area contributed by atoms with Crippen molar-refractivity contribution < 1.29 is 9.53 Å². The van der Waals surface area contributed by atoms with Crippen LogP contribution in [0.5, 0.6) is 0 Å². The molecule has 26 heavy (non-hydrogen) atoms. The minimum absolute atomic E-state index is 0.149. The van der Waals surface area contributed by atoms with Crippen LogP contribution in [0.2, 0.25) is 0 Å². The molecule has 1 aliphatic rings. The Hall–Kier alpha value is -2.39. The lowest BCUT2D eigenvalue weighted by molar-refractivity contribution is -0.144. The predicted molar refractivity (Wildman–Crippen MR) is 107 cm³/mol. The Kier molecular flexibility index (Phi) is 6.24. The van der Waals surface area contributed by atoms with Gasteiger partial charge in [0.2, 0.25) is 0 Å². The highest BCUT2D eigenvalue weighted by Gasteiger charge is 2.21. The number of hydrogen-bond acceptors (Lipinski definition) is 3. The van der Waals surface area contributed by atoms with Gasteiger partial charge in [0.1, 0.15) is 0 Å². The van der Waals surface area contributed by atoms with E-state index in [1.54, 1.807) is 0 Å². The van der Waals surface area contributed by atoms with Crippen LogP contribution in [0.3, 0.4) is 0 Å². The molecule has 0 atom stereocenters. The maximum Gasteiger partial charge on any atom is 0.320 e. The van der Waals surface area contributed by atoms with Gasteiger partial charge < -0.3 is 4.74 Å². The van der Waals surface area contributed by atoms with Crippen molar-refractivity contribution >= 4 is 18.1 Å². The van der Waals surface area contributed by atoms with Gasteiger partial charge in [-0.05, 0) is 55.6 Å². The molecule has 0 spiro atoms. The molecule has 0 N–H and O–H groups in total. The molecule has 1 aliphatic carbocycles. The molecule has 2 aromatic carbocycles. The fraction of sp³-hybridized carbons (Fsp3) is 0.348. The Morgan fingerprint density at radius 2 is 1.58 bits per heavy atom. The normalized spacial score (nSPS) is 13.2. The Morgan fingerprint density at radius 1 is 1.00 bits per heavy atom. The van der Waals surface area contributed by atoms with Crippen molar-refractivity contribution in [3.63, 3.8) is 0 Å². The number of carbonyl (C=O) groups excluding carboxylic acids is 1.